The Morgan fingerprint density at radius 1 is 1.09 bits per heavy atom. The summed E-state index contributed by atoms with van der Waals surface area (Å²) in [6, 6.07) is 6.47. The SMILES string of the molecule is NC(=O)c1cccc2c1C(=O)N(C1CCN(C3CCC3)CC1)C2. The van der Waals surface area contributed by atoms with E-state index >= 15 is 0 Å². The summed E-state index contributed by atoms with van der Waals surface area (Å²) in [5.41, 5.74) is 7.26. The molecule has 1 aliphatic carbocycles. The average molecular weight is 313 g/mol. The minimum atomic E-state index is -0.517. The van der Waals surface area contributed by atoms with Crippen molar-refractivity contribution in [1.29, 1.82) is 0 Å². The summed E-state index contributed by atoms with van der Waals surface area (Å²) in [4.78, 5) is 28.9. The van der Waals surface area contributed by atoms with Gasteiger partial charge in [-0.25, -0.2) is 0 Å². The molecule has 0 aromatic heterocycles. The van der Waals surface area contributed by atoms with E-state index in [1.54, 1.807) is 6.07 Å². The van der Waals surface area contributed by atoms with Crippen molar-refractivity contribution in [3.05, 3.63) is 34.9 Å². The molecule has 1 aromatic rings. The number of benzene rings is 1. The van der Waals surface area contributed by atoms with E-state index in [4.69, 9.17) is 5.73 Å². The number of hydrogen-bond acceptors (Lipinski definition) is 3. The Labute approximate surface area is 136 Å². The standard InChI is InChI=1S/C18H23N3O2/c19-17(22)15-6-1-3-12-11-21(18(23)16(12)15)14-7-9-20(10-8-14)13-4-2-5-13/h1,3,6,13-14H,2,4-5,7-11H2,(H2,19,22). The molecule has 0 atom stereocenters. The third kappa shape index (κ3) is 2.43. The van der Waals surface area contributed by atoms with Crippen LogP contribution in [0.15, 0.2) is 18.2 Å². The molecule has 5 heteroatoms. The molecule has 2 heterocycles. The largest absolute Gasteiger partial charge is 0.366 e. The number of carbonyl (C=O) groups is 2. The Morgan fingerprint density at radius 3 is 2.43 bits per heavy atom. The first-order valence-corrected chi connectivity index (χ1v) is 8.62. The number of nitrogens with two attached hydrogens (primary N) is 1. The summed E-state index contributed by atoms with van der Waals surface area (Å²) in [7, 11) is 0. The molecule has 23 heavy (non-hydrogen) atoms. The molecule has 2 N–H and O–H groups in total. The first-order chi connectivity index (χ1) is 11.1. The van der Waals surface area contributed by atoms with E-state index < -0.39 is 5.91 Å². The molecule has 0 radical (unpaired) electrons. The summed E-state index contributed by atoms with van der Waals surface area (Å²) in [6.07, 6.45) is 6.09. The van der Waals surface area contributed by atoms with Gasteiger partial charge in [-0.3, -0.25) is 9.59 Å². The van der Waals surface area contributed by atoms with Crippen molar-refractivity contribution in [2.45, 2.75) is 50.7 Å². The lowest BCUT2D eigenvalue weighted by Gasteiger charge is -2.43. The van der Waals surface area contributed by atoms with Gasteiger partial charge in [0.15, 0.2) is 0 Å². The predicted octanol–water partition coefficient (Wildman–Crippen LogP) is 1.76. The van der Waals surface area contributed by atoms with Crippen molar-refractivity contribution in [1.82, 2.24) is 9.80 Å². The number of carbonyl (C=O) groups excluding carboxylic acids is 2. The highest BCUT2D eigenvalue weighted by atomic mass is 16.2. The highest BCUT2D eigenvalue weighted by Crippen LogP contribution is 2.33. The van der Waals surface area contributed by atoms with E-state index in [-0.39, 0.29) is 11.9 Å². The molecule has 4 rings (SSSR count). The third-order valence-electron chi connectivity index (χ3n) is 5.76. The smallest absolute Gasteiger partial charge is 0.255 e. The number of rotatable bonds is 3. The van der Waals surface area contributed by atoms with Crippen molar-refractivity contribution in [2.75, 3.05) is 13.1 Å². The number of hydrogen-bond donors (Lipinski definition) is 1. The number of fused-ring (bicyclic) bond motifs is 1. The Bertz CT molecular complexity index is 646. The van der Waals surface area contributed by atoms with Crippen molar-refractivity contribution in [3.63, 3.8) is 0 Å². The van der Waals surface area contributed by atoms with Crippen LogP contribution in [0.5, 0.6) is 0 Å². The first-order valence-electron chi connectivity index (χ1n) is 8.62. The van der Waals surface area contributed by atoms with Gasteiger partial charge in [0, 0.05) is 31.7 Å². The highest BCUT2D eigenvalue weighted by molar-refractivity contribution is 6.09. The maximum absolute atomic E-state index is 12.8. The molecule has 2 aliphatic heterocycles. The van der Waals surface area contributed by atoms with Gasteiger partial charge in [-0.15, -0.1) is 0 Å². The van der Waals surface area contributed by atoms with Gasteiger partial charge in [-0.2, -0.15) is 0 Å². The second-order valence-electron chi connectivity index (χ2n) is 6.99. The minimum Gasteiger partial charge on any atom is -0.366 e. The van der Waals surface area contributed by atoms with Gasteiger partial charge < -0.3 is 15.5 Å². The highest BCUT2D eigenvalue weighted by Gasteiger charge is 2.37. The maximum Gasteiger partial charge on any atom is 0.255 e. The Kier molecular flexibility index (Phi) is 3.60. The van der Waals surface area contributed by atoms with Crippen molar-refractivity contribution in [2.24, 2.45) is 5.73 Å². The van der Waals surface area contributed by atoms with Crippen LogP contribution in [0.1, 0.15) is 58.4 Å². The molecule has 2 fully saturated rings. The summed E-state index contributed by atoms with van der Waals surface area (Å²) in [5.74, 6) is -0.534. The summed E-state index contributed by atoms with van der Waals surface area (Å²) in [6.45, 7) is 2.78. The molecule has 122 valence electrons. The third-order valence-corrected chi connectivity index (χ3v) is 5.76. The fourth-order valence-corrected chi connectivity index (χ4v) is 4.20. The van der Waals surface area contributed by atoms with E-state index in [0.717, 1.165) is 37.5 Å². The molecule has 1 aromatic carbocycles. The van der Waals surface area contributed by atoms with Gasteiger partial charge in [0.25, 0.3) is 5.91 Å². The molecule has 0 unspecified atom stereocenters. The Balaban J connectivity index is 1.48. The number of likely N-dealkylation sites (tertiary alicyclic amines) is 1. The zero-order valence-electron chi connectivity index (χ0n) is 13.3. The van der Waals surface area contributed by atoms with Crippen LogP contribution < -0.4 is 5.73 Å². The molecule has 0 spiro atoms. The number of nitrogens with zero attached hydrogens (tertiary/aromatic N) is 2. The van der Waals surface area contributed by atoms with Crippen LogP contribution in [0.25, 0.3) is 0 Å². The Hall–Kier alpha value is -1.88. The van der Waals surface area contributed by atoms with Crippen molar-refractivity contribution >= 4 is 11.8 Å². The van der Waals surface area contributed by atoms with Crippen LogP contribution in [0, 0.1) is 0 Å². The first kappa shape index (κ1) is 14.7. The molecular formula is C18H23N3O2. The van der Waals surface area contributed by atoms with Gasteiger partial charge in [0.1, 0.15) is 0 Å². The summed E-state index contributed by atoms with van der Waals surface area (Å²) in [5, 5.41) is 0. The lowest BCUT2D eigenvalue weighted by atomic mass is 9.89. The van der Waals surface area contributed by atoms with Crippen LogP contribution in [-0.2, 0) is 6.54 Å². The van der Waals surface area contributed by atoms with Crippen LogP contribution in [0.2, 0.25) is 0 Å². The van der Waals surface area contributed by atoms with E-state index in [1.807, 2.05) is 17.0 Å². The maximum atomic E-state index is 12.8. The van der Waals surface area contributed by atoms with Crippen LogP contribution in [0.4, 0.5) is 0 Å². The minimum absolute atomic E-state index is 0.0171. The van der Waals surface area contributed by atoms with Crippen LogP contribution in [-0.4, -0.2) is 46.8 Å². The fraction of sp³-hybridized carbons (Fsp3) is 0.556. The lowest BCUT2D eigenvalue weighted by Crippen LogP contribution is -2.50. The van der Waals surface area contributed by atoms with Crippen LogP contribution in [0.3, 0.4) is 0 Å². The number of piperidine rings is 1. The van der Waals surface area contributed by atoms with E-state index in [2.05, 4.69) is 4.90 Å². The average Bonchev–Trinajstić information content (AvgIpc) is 2.83. The van der Waals surface area contributed by atoms with Gasteiger partial charge in [-0.1, -0.05) is 18.6 Å². The van der Waals surface area contributed by atoms with Crippen molar-refractivity contribution in [3.8, 4) is 0 Å². The molecule has 0 bridgehead atoms. The lowest BCUT2D eigenvalue weighted by molar-refractivity contribution is 0.0446. The molecule has 1 saturated heterocycles. The second kappa shape index (κ2) is 5.64. The molecule has 1 saturated carbocycles. The van der Waals surface area contributed by atoms with Crippen molar-refractivity contribution < 1.29 is 9.59 Å². The van der Waals surface area contributed by atoms with Gasteiger partial charge in [0.05, 0.1) is 11.1 Å². The monoisotopic (exact) mass is 313 g/mol. The molecule has 5 nitrogen and oxygen atoms in total. The van der Waals surface area contributed by atoms with E-state index in [1.165, 1.54) is 19.3 Å². The molecule has 3 aliphatic rings. The topological polar surface area (TPSA) is 66.6 Å². The van der Waals surface area contributed by atoms with Crippen LogP contribution >= 0.6 is 0 Å². The van der Waals surface area contributed by atoms with Gasteiger partial charge in [-0.05, 0) is 37.3 Å². The fourth-order valence-electron chi connectivity index (χ4n) is 4.20. The summed E-state index contributed by atoms with van der Waals surface area (Å²) < 4.78 is 0. The summed E-state index contributed by atoms with van der Waals surface area (Å²) >= 11 is 0. The number of amides is 2. The zero-order valence-corrected chi connectivity index (χ0v) is 13.3. The van der Waals surface area contributed by atoms with E-state index in [0.29, 0.717) is 17.7 Å². The Morgan fingerprint density at radius 2 is 1.83 bits per heavy atom. The normalized spacial score (nSPS) is 23.0. The number of primary amides is 1. The predicted molar refractivity (Wildman–Crippen MR) is 87.1 cm³/mol. The second-order valence-corrected chi connectivity index (χ2v) is 6.99. The van der Waals surface area contributed by atoms with Gasteiger partial charge in [0.2, 0.25) is 5.91 Å². The van der Waals surface area contributed by atoms with Gasteiger partial charge >= 0.3 is 0 Å². The molecular weight excluding hydrogens is 290 g/mol. The molecule has 2 amide bonds. The van der Waals surface area contributed by atoms with E-state index in [9.17, 15) is 9.59 Å². The zero-order chi connectivity index (χ0) is 16.0. The quantitative estimate of drug-likeness (QED) is 0.924.